The van der Waals surface area contributed by atoms with Gasteiger partial charge in [-0.2, -0.15) is 0 Å². The van der Waals surface area contributed by atoms with Crippen LogP contribution < -0.4 is 15.4 Å². The van der Waals surface area contributed by atoms with E-state index in [-0.39, 0.29) is 6.10 Å². The summed E-state index contributed by atoms with van der Waals surface area (Å²) in [6.45, 7) is 2.72. The molecule has 0 saturated carbocycles. The number of hydrogen-bond acceptors (Lipinski definition) is 4. The molecule has 3 rings (SSSR count). The fraction of sp³-hybridized carbons (Fsp3) is 0.400. The van der Waals surface area contributed by atoms with Crippen LogP contribution in [0.1, 0.15) is 12.8 Å². The fourth-order valence-corrected chi connectivity index (χ4v) is 2.61. The molecule has 0 bridgehead atoms. The van der Waals surface area contributed by atoms with E-state index >= 15 is 0 Å². The number of benzene rings is 1. The van der Waals surface area contributed by atoms with Gasteiger partial charge < -0.3 is 15.4 Å². The smallest absolute Gasteiger partial charge is 0.138 e. The summed E-state index contributed by atoms with van der Waals surface area (Å²) in [7, 11) is 0. The Kier molecular flexibility index (Phi) is 4.23. The standard InChI is InChI=1S/C15H18ClN3O/c16-14-9-11(19-12-3-6-18-10-12)1-2-15(14)20-13-4-7-17-8-5-13/h1-3,6,9,13,17,19H,4-5,7-8,10H2. The van der Waals surface area contributed by atoms with Gasteiger partial charge in [0, 0.05) is 17.6 Å². The van der Waals surface area contributed by atoms with Gasteiger partial charge in [-0.1, -0.05) is 11.6 Å². The normalized spacial score (nSPS) is 18.9. The molecule has 5 heteroatoms. The van der Waals surface area contributed by atoms with Gasteiger partial charge in [-0.25, -0.2) is 0 Å². The minimum absolute atomic E-state index is 0.262. The lowest BCUT2D eigenvalue weighted by atomic mass is 10.1. The molecule has 20 heavy (non-hydrogen) atoms. The van der Waals surface area contributed by atoms with E-state index in [1.54, 1.807) is 6.21 Å². The van der Waals surface area contributed by atoms with E-state index in [2.05, 4.69) is 15.6 Å². The third-order valence-corrected chi connectivity index (χ3v) is 3.75. The van der Waals surface area contributed by atoms with Crippen molar-refractivity contribution in [3.05, 3.63) is 35.0 Å². The number of piperidine rings is 1. The molecule has 1 aromatic rings. The molecule has 2 aliphatic rings. The number of nitrogens with one attached hydrogen (secondary N) is 2. The van der Waals surface area contributed by atoms with E-state index in [1.165, 1.54) is 0 Å². The third-order valence-electron chi connectivity index (χ3n) is 3.46. The summed E-state index contributed by atoms with van der Waals surface area (Å²) >= 11 is 6.30. The molecule has 1 aromatic carbocycles. The highest BCUT2D eigenvalue weighted by Crippen LogP contribution is 2.30. The van der Waals surface area contributed by atoms with Gasteiger partial charge in [-0.15, -0.1) is 0 Å². The first-order valence-electron chi connectivity index (χ1n) is 6.94. The summed E-state index contributed by atoms with van der Waals surface area (Å²) in [5, 5.41) is 7.27. The van der Waals surface area contributed by atoms with Crippen molar-refractivity contribution in [1.82, 2.24) is 5.32 Å². The Balaban J connectivity index is 1.64. The van der Waals surface area contributed by atoms with E-state index < -0.39 is 0 Å². The van der Waals surface area contributed by atoms with Crippen LogP contribution in [0, 0.1) is 0 Å². The number of aliphatic imine (C=N–C) groups is 1. The predicted octanol–water partition coefficient (Wildman–Crippen LogP) is 2.85. The Labute approximate surface area is 123 Å². The topological polar surface area (TPSA) is 45.7 Å². The Morgan fingerprint density at radius 3 is 2.85 bits per heavy atom. The second-order valence-corrected chi connectivity index (χ2v) is 5.43. The molecule has 0 atom stereocenters. The number of rotatable bonds is 4. The molecule has 0 aromatic heterocycles. The maximum Gasteiger partial charge on any atom is 0.138 e. The van der Waals surface area contributed by atoms with Crippen LogP contribution in [0.2, 0.25) is 5.02 Å². The molecular formula is C15H18ClN3O. The SMILES string of the molecule is Clc1cc(NC2=CC=NC2)ccc1OC1CCNCC1. The number of ether oxygens (including phenoxy) is 1. The molecular weight excluding hydrogens is 274 g/mol. The average Bonchev–Trinajstić information content (AvgIpc) is 2.96. The second-order valence-electron chi connectivity index (χ2n) is 5.02. The van der Waals surface area contributed by atoms with E-state index in [1.807, 2.05) is 24.3 Å². The van der Waals surface area contributed by atoms with Crippen molar-refractivity contribution in [2.75, 3.05) is 25.0 Å². The van der Waals surface area contributed by atoms with Crippen molar-refractivity contribution >= 4 is 23.5 Å². The Bertz CT molecular complexity index is 536. The molecule has 2 N–H and O–H groups in total. The quantitative estimate of drug-likeness (QED) is 0.897. The van der Waals surface area contributed by atoms with Crippen molar-refractivity contribution in [3.8, 4) is 5.75 Å². The van der Waals surface area contributed by atoms with Gasteiger partial charge in [0.05, 0.1) is 11.6 Å². The Hall–Kier alpha value is -1.52. The predicted molar refractivity (Wildman–Crippen MR) is 83.0 cm³/mol. The zero-order valence-corrected chi connectivity index (χ0v) is 12.0. The molecule has 1 saturated heterocycles. The summed E-state index contributed by atoms with van der Waals surface area (Å²) in [5.41, 5.74) is 2.04. The van der Waals surface area contributed by atoms with Crippen molar-refractivity contribution in [2.24, 2.45) is 4.99 Å². The van der Waals surface area contributed by atoms with E-state index in [9.17, 15) is 0 Å². The first-order chi connectivity index (χ1) is 9.81. The van der Waals surface area contributed by atoms with Crippen molar-refractivity contribution in [2.45, 2.75) is 18.9 Å². The Morgan fingerprint density at radius 1 is 1.30 bits per heavy atom. The van der Waals surface area contributed by atoms with Gasteiger partial charge in [-0.3, -0.25) is 4.99 Å². The van der Waals surface area contributed by atoms with Gasteiger partial charge in [0.2, 0.25) is 0 Å². The fourth-order valence-electron chi connectivity index (χ4n) is 2.38. The van der Waals surface area contributed by atoms with Crippen LogP contribution in [0.15, 0.2) is 35.0 Å². The molecule has 2 aliphatic heterocycles. The third kappa shape index (κ3) is 3.32. The van der Waals surface area contributed by atoms with Crippen LogP contribution in [-0.4, -0.2) is 32.0 Å². The van der Waals surface area contributed by atoms with Crippen LogP contribution in [-0.2, 0) is 0 Å². The van der Waals surface area contributed by atoms with Gasteiger partial charge in [0.15, 0.2) is 0 Å². The highest BCUT2D eigenvalue weighted by atomic mass is 35.5. The molecule has 0 amide bonds. The maximum atomic E-state index is 6.30. The summed E-state index contributed by atoms with van der Waals surface area (Å²) in [4.78, 5) is 4.13. The summed E-state index contributed by atoms with van der Waals surface area (Å²) in [6, 6.07) is 5.82. The van der Waals surface area contributed by atoms with Gasteiger partial charge in [0.25, 0.3) is 0 Å². The minimum atomic E-state index is 0.262. The number of halogens is 1. The molecule has 106 valence electrons. The Morgan fingerprint density at radius 2 is 2.15 bits per heavy atom. The van der Waals surface area contributed by atoms with Gasteiger partial charge >= 0.3 is 0 Å². The van der Waals surface area contributed by atoms with Crippen molar-refractivity contribution in [3.63, 3.8) is 0 Å². The first kappa shape index (κ1) is 13.5. The lowest BCUT2D eigenvalue weighted by Crippen LogP contribution is -2.34. The van der Waals surface area contributed by atoms with Crippen molar-refractivity contribution < 1.29 is 4.74 Å². The maximum absolute atomic E-state index is 6.30. The van der Waals surface area contributed by atoms with Crippen LogP contribution in [0.4, 0.5) is 5.69 Å². The average molecular weight is 292 g/mol. The first-order valence-corrected chi connectivity index (χ1v) is 7.32. The molecule has 2 heterocycles. The van der Waals surface area contributed by atoms with E-state index in [0.717, 1.165) is 43.1 Å². The summed E-state index contributed by atoms with van der Waals surface area (Å²) in [5.74, 6) is 0.765. The van der Waals surface area contributed by atoms with Crippen molar-refractivity contribution in [1.29, 1.82) is 0 Å². The summed E-state index contributed by atoms with van der Waals surface area (Å²) in [6.07, 6.45) is 6.09. The molecule has 1 fully saturated rings. The molecule has 0 spiro atoms. The lowest BCUT2D eigenvalue weighted by Gasteiger charge is -2.24. The number of hydrogen-bond donors (Lipinski definition) is 2. The van der Waals surface area contributed by atoms with Crippen LogP contribution in [0.25, 0.3) is 0 Å². The highest BCUT2D eigenvalue weighted by molar-refractivity contribution is 6.32. The molecule has 0 unspecified atom stereocenters. The molecule has 4 nitrogen and oxygen atoms in total. The largest absolute Gasteiger partial charge is 0.489 e. The number of anilines is 1. The van der Waals surface area contributed by atoms with Gasteiger partial charge in [-0.05, 0) is 50.2 Å². The lowest BCUT2D eigenvalue weighted by molar-refractivity contribution is 0.162. The molecule has 0 radical (unpaired) electrons. The second kappa shape index (κ2) is 6.29. The zero-order valence-electron chi connectivity index (χ0n) is 11.2. The van der Waals surface area contributed by atoms with Crippen LogP contribution >= 0.6 is 11.6 Å². The monoisotopic (exact) mass is 291 g/mol. The van der Waals surface area contributed by atoms with Crippen LogP contribution in [0.3, 0.4) is 0 Å². The van der Waals surface area contributed by atoms with Gasteiger partial charge in [0.1, 0.15) is 11.9 Å². The van der Waals surface area contributed by atoms with E-state index in [4.69, 9.17) is 16.3 Å². The highest BCUT2D eigenvalue weighted by Gasteiger charge is 2.16. The molecule has 0 aliphatic carbocycles. The minimum Gasteiger partial charge on any atom is -0.489 e. The zero-order chi connectivity index (χ0) is 13.8. The number of allylic oxidation sites excluding steroid dienone is 1. The van der Waals surface area contributed by atoms with Crippen LogP contribution in [0.5, 0.6) is 5.75 Å². The summed E-state index contributed by atoms with van der Waals surface area (Å²) < 4.78 is 5.97. The van der Waals surface area contributed by atoms with E-state index in [0.29, 0.717) is 11.6 Å². The number of nitrogens with zero attached hydrogens (tertiary/aromatic N) is 1.